The Labute approximate surface area is 219 Å². The lowest BCUT2D eigenvalue weighted by Crippen LogP contribution is -2.51. The van der Waals surface area contributed by atoms with Gasteiger partial charge in [-0.1, -0.05) is 23.7 Å². The number of hydrogen-bond donors (Lipinski definition) is 1. The summed E-state index contributed by atoms with van der Waals surface area (Å²) in [6.45, 7) is 6.11. The summed E-state index contributed by atoms with van der Waals surface area (Å²) in [4.78, 5) is 46.0. The summed E-state index contributed by atoms with van der Waals surface area (Å²) >= 11 is 6.04. The average Bonchev–Trinajstić information content (AvgIpc) is 3.61. The number of rotatable bonds is 9. The summed E-state index contributed by atoms with van der Waals surface area (Å²) in [5, 5.41) is 0.579. The molecule has 3 aromatic rings. The zero-order chi connectivity index (χ0) is 26.7. The normalized spacial score (nSPS) is 14.6. The van der Waals surface area contributed by atoms with Gasteiger partial charge in [0.25, 0.3) is 0 Å². The number of aromatic nitrogens is 3. The minimum Gasteiger partial charge on any atom is -0.491 e. The second-order valence-corrected chi connectivity index (χ2v) is 10.3. The van der Waals surface area contributed by atoms with Crippen molar-refractivity contribution in [1.82, 2.24) is 14.1 Å². The quantitative estimate of drug-likeness (QED) is 0.428. The number of ether oxygens (including phenoxy) is 2. The molecule has 1 aliphatic carbocycles. The number of hydrogen-bond acceptors (Lipinski definition) is 6. The van der Waals surface area contributed by atoms with E-state index in [1.807, 2.05) is 45.0 Å². The van der Waals surface area contributed by atoms with Gasteiger partial charge in [-0.25, -0.2) is 19.1 Å². The second-order valence-electron chi connectivity index (χ2n) is 9.82. The molecule has 0 unspecified atom stereocenters. The number of esters is 1. The molecule has 1 aliphatic rings. The van der Waals surface area contributed by atoms with Crippen molar-refractivity contribution >= 4 is 23.3 Å². The van der Waals surface area contributed by atoms with Crippen LogP contribution >= 0.6 is 11.6 Å². The highest BCUT2D eigenvalue weighted by Gasteiger charge is 2.45. The topological polar surface area (TPSA) is 108 Å². The molecular weight excluding hydrogens is 496 g/mol. The van der Waals surface area contributed by atoms with Crippen molar-refractivity contribution in [1.29, 1.82) is 0 Å². The average molecular weight is 527 g/mol. The molecule has 0 bridgehead atoms. The molecule has 0 saturated heterocycles. The van der Waals surface area contributed by atoms with E-state index in [0.717, 1.165) is 34.3 Å². The summed E-state index contributed by atoms with van der Waals surface area (Å²) in [6.07, 6.45) is 1.66. The van der Waals surface area contributed by atoms with Crippen LogP contribution in [0.4, 0.5) is 5.69 Å². The predicted molar refractivity (Wildman–Crippen MR) is 140 cm³/mol. The van der Waals surface area contributed by atoms with Gasteiger partial charge in [0.2, 0.25) is 5.62 Å². The molecule has 1 heterocycles. The van der Waals surface area contributed by atoms with Crippen LogP contribution in [-0.2, 0) is 22.6 Å². The van der Waals surface area contributed by atoms with Crippen molar-refractivity contribution in [2.45, 2.75) is 59.2 Å². The minimum atomic E-state index is -0.580. The van der Waals surface area contributed by atoms with E-state index in [9.17, 15) is 14.4 Å². The number of benzene rings is 2. The molecule has 0 atom stereocenters. The highest BCUT2D eigenvalue weighted by Crippen LogP contribution is 2.50. The smallest absolute Gasteiger partial charge is 0.335 e. The fourth-order valence-electron chi connectivity index (χ4n) is 4.19. The Kier molecular flexibility index (Phi) is 7.73. The SMILES string of the molecule is COC(=O)CC1(Cn2c(=O)[nH]/c(=N\c3ccc(OC(C)C)c(C)c3)n(Cc3ccc(Cl)cc3)c2=O)CC1. The zero-order valence-electron chi connectivity index (χ0n) is 21.4. The molecule has 2 aromatic carbocycles. The molecule has 1 fully saturated rings. The van der Waals surface area contributed by atoms with Gasteiger partial charge in [0.1, 0.15) is 5.75 Å². The minimum absolute atomic E-state index is 0.0286. The number of halogens is 1. The van der Waals surface area contributed by atoms with E-state index >= 15 is 0 Å². The highest BCUT2D eigenvalue weighted by molar-refractivity contribution is 6.30. The van der Waals surface area contributed by atoms with Crippen molar-refractivity contribution in [2.75, 3.05) is 7.11 Å². The van der Waals surface area contributed by atoms with Crippen LogP contribution in [-0.4, -0.2) is 33.3 Å². The van der Waals surface area contributed by atoms with E-state index < -0.39 is 16.8 Å². The van der Waals surface area contributed by atoms with Gasteiger partial charge in [-0.2, -0.15) is 0 Å². The Balaban J connectivity index is 1.80. The maximum Gasteiger partial charge on any atom is 0.335 e. The summed E-state index contributed by atoms with van der Waals surface area (Å²) in [5.74, 6) is 0.384. The number of aromatic amines is 1. The third-order valence-corrected chi connectivity index (χ3v) is 6.64. The molecule has 4 rings (SSSR count). The van der Waals surface area contributed by atoms with Gasteiger partial charge in [-0.3, -0.25) is 14.3 Å². The number of H-pyrrole nitrogens is 1. The first-order chi connectivity index (χ1) is 17.6. The van der Waals surface area contributed by atoms with E-state index in [1.165, 1.54) is 11.7 Å². The predicted octanol–water partition coefficient (Wildman–Crippen LogP) is 3.71. The standard InChI is InChI=1S/C27H31ClN4O5/c1-17(2)37-22-10-9-21(13-18(22)3)29-24-30-25(34)32(16-27(11-12-27)14-23(33)36-4)26(35)31(24)15-19-5-7-20(28)8-6-19/h5-10,13,17H,11-12,14-16H2,1-4H3,(H,29,30,34). The number of methoxy groups -OCH3 is 1. The van der Waals surface area contributed by atoms with Crippen LogP contribution in [0.15, 0.2) is 57.0 Å². The Morgan fingerprint density at radius 2 is 1.84 bits per heavy atom. The van der Waals surface area contributed by atoms with Gasteiger partial charge >= 0.3 is 17.3 Å². The first-order valence-electron chi connectivity index (χ1n) is 12.2. The summed E-state index contributed by atoms with van der Waals surface area (Å²) in [7, 11) is 1.33. The van der Waals surface area contributed by atoms with Crippen molar-refractivity contribution in [2.24, 2.45) is 10.4 Å². The van der Waals surface area contributed by atoms with Crippen molar-refractivity contribution in [3.8, 4) is 5.75 Å². The molecule has 10 heteroatoms. The molecule has 0 spiro atoms. The lowest BCUT2D eigenvalue weighted by molar-refractivity contribution is -0.142. The first kappa shape index (κ1) is 26.5. The van der Waals surface area contributed by atoms with E-state index in [2.05, 4.69) is 9.98 Å². The largest absolute Gasteiger partial charge is 0.491 e. The first-order valence-corrected chi connectivity index (χ1v) is 12.5. The number of nitrogens with zero attached hydrogens (tertiary/aromatic N) is 3. The fraction of sp³-hybridized carbons (Fsp3) is 0.407. The summed E-state index contributed by atoms with van der Waals surface area (Å²) in [6, 6.07) is 12.5. The van der Waals surface area contributed by atoms with Crippen LogP contribution in [0.3, 0.4) is 0 Å². The van der Waals surface area contributed by atoms with Gasteiger partial charge in [0, 0.05) is 11.6 Å². The van der Waals surface area contributed by atoms with E-state index in [4.69, 9.17) is 21.1 Å². The van der Waals surface area contributed by atoms with Crippen molar-refractivity contribution in [3.63, 3.8) is 0 Å². The maximum absolute atomic E-state index is 13.7. The van der Waals surface area contributed by atoms with Gasteiger partial charge in [-0.15, -0.1) is 0 Å². The molecular formula is C27H31ClN4O5. The summed E-state index contributed by atoms with van der Waals surface area (Å²) in [5.41, 5.74) is 0.840. The zero-order valence-corrected chi connectivity index (χ0v) is 22.2. The lowest BCUT2D eigenvalue weighted by atomic mass is 10.0. The van der Waals surface area contributed by atoms with E-state index in [-0.39, 0.29) is 37.2 Å². The molecule has 9 nitrogen and oxygen atoms in total. The molecule has 0 radical (unpaired) electrons. The van der Waals surface area contributed by atoms with Gasteiger partial charge in [0.05, 0.1) is 31.9 Å². The number of aryl methyl sites for hydroxylation is 1. The van der Waals surface area contributed by atoms with E-state index in [0.29, 0.717) is 10.7 Å². The number of carbonyl (C=O) groups is 1. The Bertz CT molecular complexity index is 1480. The maximum atomic E-state index is 13.7. The monoisotopic (exact) mass is 526 g/mol. The molecule has 0 amide bonds. The Morgan fingerprint density at radius 3 is 2.43 bits per heavy atom. The third kappa shape index (κ3) is 6.40. The second kappa shape index (κ2) is 10.8. The molecule has 1 aromatic heterocycles. The van der Waals surface area contributed by atoms with Gasteiger partial charge in [-0.05, 0) is 80.5 Å². The third-order valence-electron chi connectivity index (χ3n) is 6.39. The van der Waals surface area contributed by atoms with Crippen LogP contribution in [0, 0.1) is 12.3 Å². The van der Waals surface area contributed by atoms with Crippen LogP contribution in [0.5, 0.6) is 5.75 Å². The Hall–Kier alpha value is -3.59. The molecule has 196 valence electrons. The number of carbonyl (C=O) groups excluding carboxylic acids is 1. The van der Waals surface area contributed by atoms with Gasteiger partial charge < -0.3 is 9.47 Å². The van der Waals surface area contributed by atoms with Crippen LogP contribution < -0.4 is 21.7 Å². The molecule has 37 heavy (non-hydrogen) atoms. The van der Waals surface area contributed by atoms with Crippen LogP contribution in [0.1, 0.15) is 44.2 Å². The fourth-order valence-corrected chi connectivity index (χ4v) is 4.32. The molecule has 1 saturated carbocycles. The van der Waals surface area contributed by atoms with Crippen molar-refractivity contribution < 1.29 is 14.3 Å². The van der Waals surface area contributed by atoms with E-state index in [1.54, 1.807) is 18.2 Å². The lowest BCUT2D eigenvalue weighted by Gasteiger charge is -2.16. The molecule has 1 N–H and O–H groups in total. The van der Waals surface area contributed by atoms with Crippen molar-refractivity contribution in [3.05, 3.63) is 85.2 Å². The van der Waals surface area contributed by atoms with Crippen LogP contribution in [0.25, 0.3) is 0 Å². The Morgan fingerprint density at radius 1 is 1.14 bits per heavy atom. The molecule has 0 aliphatic heterocycles. The van der Waals surface area contributed by atoms with Gasteiger partial charge in [0.15, 0.2) is 0 Å². The number of nitrogens with one attached hydrogen (secondary N) is 1. The summed E-state index contributed by atoms with van der Waals surface area (Å²) < 4.78 is 13.2. The highest BCUT2D eigenvalue weighted by atomic mass is 35.5. The van der Waals surface area contributed by atoms with Crippen LogP contribution in [0.2, 0.25) is 5.02 Å².